The van der Waals surface area contributed by atoms with Gasteiger partial charge in [0.15, 0.2) is 0 Å². The number of alkyl halides is 1. The Bertz CT molecular complexity index is 157. The van der Waals surface area contributed by atoms with Crippen molar-refractivity contribution in [1.82, 2.24) is 15.3 Å². The van der Waals surface area contributed by atoms with Crippen LogP contribution < -0.4 is 5.43 Å². The van der Waals surface area contributed by atoms with Crippen LogP contribution in [0, 0.1) is 0 Å². The van der Waals surface area contributed by atoms with Crippen molar-refractivity contribution in [3.05, 3.63) is 0 Å². The van der Waals surface area contributed by atoms with Gasteiger partial charge in [-0.3, -0.25) is 10.2 Å². The SMILES string of the molecule is CN1CCN(NC(=O)CBr)CC1. The predicted octanol–water partition coefficient (Wildman–Crippen LogP) is -0.340. The Hall–Kier alpha value is -0.130. The smallest absolute Gasteiger partial charge is 0.244 e. The highest BCUT2D eigenvalue weighted by Crippen LogP contribution is 1.95. The number of hydrogen-bond acceptors (Lipinski definition) is 3. The largest absolute Gasteiger partial charge is 0.304 e. The van der Waals surface area contributed by atoms with Gasteiger partial charge in [0, 0.05) is 26.2 Å². The third-order valence-electron chi connectivity index (χ3n) is 1.91. The average molecular weight is 236 g/mol. The van der Waals surface area contributed by atoms with Gasteiger partial charge in [-0.15, -0.1) is 0 Å². The number of carbonyl (C=O) groups is 1. The van der Waals surface area contributed by atoms with Crippen molar-refractivity contribution in [1.29, 1.82) is 0 Å². The fraction of sp³-hybridized carbons (Fsp3) is 0.857. The lowest BCUT2D eigenvalue weighted by Crippen LogP contribution is -2.52. The van der Waals surface area contributed by atoms with Crippen molar-refractivity contribution in [2.75, 3.05) is 38.6 Å². The van der Waals surface area contributed by atoms with E-state index in [0.29, 0.717) is 5.33 Å². The number of piperazine rings is 1. The molecule has 0 atom stereocenters. The normalized spacial score (nSPS) is 20.8. The second-order valence-electron chi connectivity index (χ2n) is 2.96. The second-order valence-corrected chi connectivity index (χ2v) is 3.52. The lowest BCUT2D eigenvalue weighted by molar-refractivity contribution is -0.123. The topological polar surface area (TPSA) is 35.6 Å². The molecule has 0 bridgehead atoms. The summed E-state index contributed by atoms with van der Waals surface area (Å²) in [6.07, 6.45) is 0. The zero-order valence-corrected chi connectivity index (χ0v) is 8.80. The molecule has 5 heteroatoms. The predicted molar refractivity (Wildman–Crippen MR) is 51.0 cm³/mol. The Morgan fingerprint density at radius 1 is 1.42 bits per heavy atom. The van der Waals surface area contributed by atoms with E-state index < -0.39 is 0 Å². The third-order valence-corrected chi connectivity index (χ3v) is 2.42. The van der Waals surface area contributed by atoms with E-state index in [-0.39, 0.29) is 5.91 Å². The lowest BCUT2D eigenvalue weighted by Gasteiger charge is -2.32. The number of halogens is 1. The number of nitrogens with zero attached hydrogens (tertiary/aromatic N) is 2. The summed E-state index contributed by atoms with van der Waals surface area (Å²) < 4.78 is 0. The molecule has 0 aromatic rings. The molecule has 12 heavy (non-hydrogen) atoms. The Kier molecular flexibility index (Phi) is 3.97. The van der Waals surface area contributed by atoms with Crippen LogP contribution in [0.2, 0.25) is 0 Å². The van der Waals surface area contributed by atoms with Gasteiger partial charge in [0.2, 0.25) is 5.91 Å². The molecule has 0 saturated carbocycles. The molecule has 1 saturated heterocycles. The summed E-state index contributed by atoms with van der Waals surface area (Å²) in [6.45, 7) is 3.86. The molecule has 0 radical (unpaired) electrons. The number of rotatable bonds is 2. The fourth-order valence-electron chi connectivity index (χ4n) is 1.12. The standard InChI is InChI=1S/C7H14BrN3O/c1-10-2-4-11(5-3-10)9-7(12)6-8/h2-6H2,1H3,(H,9,12). The maximum absolute atomic E-state index is 10.9. The quantitative estimate of drug-likeness (QED) is 0.666. The highest BCUT2D eigenvalue weighted by Gasteiger charge is 2.14. The van der Waals surface area contributed by atoms with Crippen LogP contribution in [-0.4, -0.2) is 54.4 Å². The van der Waals surface area contributed by atoms with Crippen LogP contribution in [0.1, 0.15) is 0 Å². The van der Waals surface area contributed by atoms with Crippen molar-refractivity contribution < 1.29 is 4.79 Å². The molecule has 1 aliphatic rings. The molecule has 1 fully saturated rings. The molecule has 0 unspecified atom stereocenters. The second kappa shape index (κ2) is 4.79. The maximum atomic E-state index is 10.9. The molecule has 1 amide bonds. The van der Waals surface area contributed by atoms with Crippen LogP contribution in [-0.2, 0) is 4.79 Å². The summed E-state index contributed by atoms with van der Waals surface area (Å²) >= 11 is 3.10. The molecule has 0 aromatic heterocycles. The zero-order chi connectivity index (χ0) is 8.97. The van der Waals surface area contributed by atoms with Crippen molar-refractivity contribution in [3.8, 4) is 0 Å². The summed E-state index contributed by atoms with van der Waals surface area (Å²) in [5.41, 5.74) is 2.81. The molecule has 1 N–H and O–H groups in total. The van der Waals surface area contributed by atoms with Crippen LogP contribution >= 0.6 is 15.9 Å². The van der Waals surface area contributed by atoms with Crippen LogP contribution in [0.3, 0.4) is 0 Å². The van der Waals surface area contributed by atoms with Gasteiger partial charge in [0.1, 0.15) is 0 Å². The molecule has 0 aromatic carbocycles. The first-order chi connectivity index (χ1) is 5.72. The van der Waals surface area contributed by atoms with Gasteiger partial charge >= 0.3 is 0 Å². The molecular weight excluding hydrogens is 222 g/mol. The van der Waals surface area contributed by atoms with Gasteiger partial charge in [-0.1, -0.05) is 15.9 Å². The molecule has 4 nitrogen and oxygen atoms in total. The van der Waals surface area contributed by atoms with Crippen LogP contribution in [0.25, 0.3) is 0 Å². The molecule has 0 aliphatic carbocycles. The Labute approximate surface area is 81.0 Å². The monoisotopic (exact) mass is 235 g/mol. The zero-order valence-electron chi connectivity index (χ0n) is 7.22. The van der Waals surface area contributed by atoms with Gasteiger partial charge in [-0.25, -0.2) is 5.01 Å². The molecule has 1 rings (SSSR count). The van der Waals surface area contributed by atoms with Crippen molar-refractivity contribution in [2.24, 2.45) is 0 Å². The minimum Gasteiger partial charge on any atom is -0.304 e. The van der Waals surface area contributed by atoms with E-state index in [1.54, 1.807) is 0 Å². The number of hydrazine groups is 1. The molecular formula is C7H14BrN3O. The van der Waals surface area contributed by atoms with Gasteiger partial charge < -0.3 is 4.90 Å². The Morgan fingerprint density at radius 3 is 2.50 bits per heavy atom. The molecule has 1 heterocycles. The Morgan fingerprint density at radius 2 is 2.00 bits per heavy atom. The highest BCUT2D eigenvalue weighted by molar-refractivity contribution is 9.09. The van der Waals surface area contributed by atoms with E-state index in [1.165, 1.54) is 0 Å². The van der Waals surface area contributed by atoms with E-state index in [4.69, 9.17) is 0 Å². The van der Waals surface area contributed by atoms with E-state index in [9.17, 15) is 4.79 Å². The fourth-order valence-corrected chi connectivity index (χ4v) is 1.25. The van der Waals surface area contributed by atoms with Crippen molar-refractivity contribution in [2.45, 2.75) is 0 Å². The van der Waals surface area contributed by atoms with Crippen LogP contribution in [0.15, 0.2) is 0 Å². The van der Waals surface area contributed by atoms with Crippen molar-refractivity contribution >= 4 is 21.8 Å². The maximum Gasteiger partial charge on any atom is 0.244 e. The van der Waals surface area contributed by atoms with Gasteiger partial charge in [0.25, 0.3) is 0 Å². The summed E-state index contributed by atoms with van der Waals surface area (Å²) in [6, 6.07) is 0. The van der Waals surface area contributed by atoms with E-state index in [1.807, 2.05) is 5.01 Å². The highest BCUT2D eigenvalue weighted by atomic mass is 79.9. The van der Waals surface area contributed by atoms with Gasteiger partial charge in [-0.2, -0.15) is 0 Å². The van der Waals surface area contributed by atoms with Crippen LogP contribution in [0.5, 0.6) is 0 Å². The van der Waals surface area contributed by atoms with E-state index in [0.717, 1.165) is 26.2 Å². The van der Waals surface area contributed by atoms with Crippen LogP contribution in [0.4, 0.5) is 0 Å². The molecule has 1 aliphatic heterocycles. The first-order valence-corrected chi connectivity index (χ1v) is 5.13. The first kappa shape index (κ1) is 9.95. The number of nitrogens with one attached hydrogen (secondary N) is 1. The summed E-state index contributed by atoms with van der Waals surface area (Å²) in [4.78, 5) is 13.2. The third kappa shape index (κ3) is 3.08. The molecule has 70 valence electrons. The summed E-state index contributed by atoms with van der Waals surface area (Å²) in [5, 5.41) is 2.34. The number of hydrogen-bond donors (Lipinski definition) is 1. The molecule has 0 spiro atoms. The Balaban J connectivity index is 2.21. The number of carbonyl (C=O) groups excluding carboxylic acids is 1. The lowest BCUT2D eigenvalue weighted by atomic mass is 10.4. The minimum atomic E-state index is 0.0274. The van der Waals surface area contributed by atoms with Gasteiger partial charge in [-0.05, 0) is 7.05 Å². The first-order valence-electron chi connectivity index (χ1n) is 4.01. The summed E-state index contributed by atoms with van der Waals surface area (Å²) in [7, 11) is 2.09. The van der Waals surface area contributed by atoms with Gasteiger partial charge in [0.05, 0.1) is 5.33 Å². The van der Waals surface area contributed by atoms with E-state index >= 15 is 0 Å². The average Bonchev–Trinajstić information content (AvgIpc) is 2.09. The van der Waals surface area contributed by atoms with E-state index in [2.05, 4.69) is 33.3 Å². The summed E-state index contributed by atoms with van der Waals surface area (Å²) in [5.74, 6) is 0.0274. The minimum absolute atomic E-state index is 0.0274. The number of amides is 1. The number of likely N-dealkylation sites (N-methyl/N-ethyl adjacent to an activating group) is 1. The van der Waals surface area contributed by atoms with Crippen molar-refractivity contribution in [3.63, 3.8) is 0 Å².